The van der Waals surface area contributed by atoms with Crippen molar-refractivity contribution in [3.05, 3.63) is 29.8 Å². The zero-order valence-corrected chi connectivity index (χ0v) is 11.3. The van der Waals surface area contributed by atoms with E-state index in [0.717, 1.165) is 18.5 Å². The molecule has 2 aliphatic carbocycles. The molecule has 0 atom stereocenters. The first-order valence-corrected chi connectivity index (χ1v) is 7.38. The molecule has 3 nitrogen and oxygen atoms in total. The van der Waals surface area contributed by atoms with Gasteiger partial charge in [-0.2, -0.15) is 0 Å². The van der Waals surface area contributed by atoms with Gasteiger partial charge in [0.25, 0.3) is 0 Å². The van der Waals surface area contributed by atoms with Crippen LogP contribution >= 0.6 is 0 Å². The normalized spacial score (nSPS) is 21.9. The maximum Gasteiger partial charge on any atom is 0.244 e. The van der Waals surface area contributed by atoms with Crippen molar-refractivity contribution in [3.8, 4) is 0 Å². The second kappa shape index (κ2) is 4.97. The van der Waals surface area contributed by atoms with Crippen LogP contribution in [0, 0.1) is 0 Å². The summed E-state index contributed by atoms with van der Waals surface area (Å²) in [5, 5.41) is 2.91. The molecule has 19 heavy (non-hydrogen) atoms. The monoisotopic (exact) mass is 258 g/mol. The molecule has 3 N–H and O–H groups in total. The molecule has 0 aromatic heterocycles. The molecule has 0 aliphatic heterocycles. The molecule has 0 heterocycles. The SMILES string of the molecule is NC1(C(=O)Nc2ccc(C3CCCCC3)cc2)CC1. The van der Waals surface area contributed by atoms with Gasteiger partial charge in [-0.3, -0.25) is 4.79 Å². The predicted molar refractivity (Wildman–Crippen MR) is 77.1 cm³/mol. The Morgan fingerprint density at radius 1 is 1.11 bits per heavy atom. The van der Waals surface area contributed by atoms with E-state index in [1.807, 2.05) is 12.1 Å². The third-order valence-electron chi connectivity index (χ3n) is 4.49. The highest BCUT2D eigenvalue weighted by atomic mass is 16.2. The number of nitrogens with one attached hydrogen (secondary N) is 1. The summed E-state index contributed by atoms with van der Waals surface area (Å²) in [6.07, 6.45) is 8.29. The van der Waals surface area contributed by atoms with E-state index in [1.165, 1.54) is 37.7 Å². The fraction of sp³-hybridized carbons (Fsp3) is 0.562. The molecule has 3 heteroatoms. The molecular weight excluding hydrogens is 236 g/mol. The summed E-state index contributed by atoms with van der Waals surface area (Å²) in [5.74, 6) is 0.667. The van der Waals surface area contributed by atoms with Crippen molar-refractivity contribution in [2.75, 3.05) is 5.32 Å². The number of carbonyl (C=O) groups excluding carboxylic acids is 1. The highest BCUT2D eigenvalue weighted by Gasteiger charge is 2.45. The smallest absolute Gasteiger partial charge is 0.244 e. The first-order chi connectivity index (χ1) is 9.17. The Morgan fingerprint density at radius 2 is 1.74 bits per heavy atom. The van der Waals surface area contributed by atoms with E-state index in [-0.39, 0.29) is 5.91 Å². The molecular formula is C16H22N2O. The van der Waals surface area contributed by atoms with Crippen molar-refractivity contribution in [1.29, 1.82) is 0 Å². The number of hydrogen-bond acceptors (Lipinski definition) is 2. The van der Waals surface area contributed by atoms with Crippen LogP contribution in [0.4, 0.5) is 5.69 Å². The molecule has 3 rings (SSSR count). The van der Waals surface area contributed by atoms with Crippen LogP contribution in [0.2, 0.25) is 0 Å². The van der Waals surface area contributed by atoms with Crippen LogP contribution in [0.15, 0.2) is 24.3 Å². The van der Waals surface area contributed by atoms with Gasteiger partial charge in [0.05, 0.1) is 5.54 Å². The van der Waals surface area contributed by atoms with Gasteiger partial charge >= 0.3 is 0 Å². The van der Waals surface area contributed by atoms with Crippen molar-refractivity contribution in [2.45, 2.75) is 56.4 Å². The topological polar surface area (TPSA) is 55.1 Å². The molecule has 0 unspecified atom stereocenters. The quantitative estimate of drug-likeness (QED) is 0.875. The standard InChI is InChI=1S/C16H22N2O/c17-16(10-11-16)15(19)18-14-8-6-13(7-9-14)12-4-2-1-3-5-12/h6-9,12H,1-5,10-11,17H2,(H,18,19). The highest BCUT2D eigenvalue weighted by molar-refractivity contribution is 6.00. The van der Waals surface area contributed by atoms with Gasteiger partial charge in [0, 0.05) is 5.69 Å². The zero-order chi connectivity index (χ0) is 13.3. The maximum atomic E-state index is 11.8. The number of amides is 1. The van der Waals surface area contributed by atoms with Gasteiger partial charge in [-0.25, -0.2) is 0 Å². The molecule has 2 saturated carbocycles. The van der Waals surface area contributed by atoms with E-state index in [0.29, 0.717) is 5.92 Å². The Kier molecular flexibility index (Phi) is 3.31. The number of carbonyl (C=O) groups is 1. The molecule has 1 aromatic carbocycles. The fourth-order valence-electron chi connectivity index (χ4n) is 2.89. The van der Waals surface area contributed by atoms with E-state index in [1.54, 1.807) is 0 Å². The molecule has 0 saturated heterocycles. The fourth-order valence-corrected chi connectivity index (χ4v) is 2.89. The van der Waals surface area contributed by atoms with Gasteiger partial charge in [-0.1, -0.05) is 31.4 Å². The van der Waals surface area contributed by atoms with Gasteiger partial charge < -0.3 is 11.1 Å². The lowest BCUT2D eigenvalue weighted by Crippen LogP contribution is -2.37. The molecule has 0 radical (unpaired) electrons. The lowest BCUT2D eigenvalue weighted by atomic mass is 9.84. The average molecular weight is 258 g/mol. The summed E-state index contributed by atoms with van der Waals surface area (Å²) in [6.45, 7) is 0. The minimum atomic E-state index is -0.595. The Bertz CT molecular complexity index is 456. The van der Waals surface area contributed by atoms with Crippen LogP contribution in [0.3, 0.4) is 0 Å². The third kappa shape index (κ3) is 2.81. The van der Waals surface area contributed by atoms with Gasteiger partial charge in [0.2, 0.25) is 5.91 Å². The molecule has 1 aromatic rings. The lowest BCUT2D eigenvalue weighted by Gasteiger charge is -2.22. The lowest BCUT2D eigenvalue weighted by molar-refractivity contribution is -0.118. The molecule has 0 bridgehead atoms. The van der Waals surface area contributed by atoms with Gasteiger partial charge in [0.15, 0.2) is 0 Å². The molecule has 0 spiro atoms. The van der Waals surface area contributed by atoms with Crippen LogP contribution < -0.4 is 11.1 Å². The summed E-state index contributed by atoms with van der Waals surface area (Å²) < 4.78 is 0. The average Bonchev–Trinajstić information content (AvgIpc) is 3.20. The summed E-state index contributed by atoms with van der Waals surface area (Å²) in [6, 6.07) is 8.32. The molecule has 1 amide bonds. The van der Waals surface area contributed by atoms with Crippen LogP contribution in [0.5, 0.6) is 0 Å². The number of benzene rings is 1. The highest BCUT2D eigenvalue weighted by Crippen LogP contribution is 2.34. The Balaban J connectivity index is 1.63. The summed E-state index contributed by atoms with van der Waals surface area (Å²) >= 11 is 0. The van der Waals surface area contributed by atoms with Gasteiger partial charge in [-0.05, 0) is 49.3 Å². The van der Waals surface area contributed by atoms with Gasteiger partial charge in [0.1, 0.15) is 0 Å². The summed E-state index contributed by atoms with van der Waals surface area (Å²) in [7, 11) is 0. The summed E-state index contributed by atoms with van der Waals surface area (Å²) in [5.41, 5.74) is 7.55. The minimum Gasteiger partial charge on any atom is -0.324 e. The Hall–Kier alpha value is -1.35. The van der Waals surface area contributed by atoms with E-state index in [4.69, 9.17) is 5.73 Å². The van der Waals surface area contributed by atoms with Crippen molar-refractivity contribution >= 4 is 11.6 Å². The predicted octanol–water partition coefficient (Wildman–Crippen LogP) is 3.16. The van der Waals surface area contributed by atoms with Crippen molar-refractivity contribution < 1.29 is 4.79 Å². The number of anilines is 1. The zero-order valence-electron chi connectivity index (χ0n) is 11.3. The van der Waals surface area contributed by atoms with Crippen LogP contribution in [-0.4, -0.2) is 11.4 Å². The second-order valence-electron chi connectivity index (χ2n) is 6.07. The Labute approximate surface area is 114 Å². The van der Waals surface area contributed by atoms with Crippen molar-refractivity contribution in [1.82, 2.24) is 0 Å². The second-order valence-corrected chi connectivity index (χ2v) is 6.07. The van der Waals surface area contributed by atoms with Crippen LogP contribution in [0.1, 0.15) is 56.4 Å². The first kappa shape index (κ1) is 12.7. The van der Waals surface area contributed by atoms with Crippen LogP contribution in [0.25, 0.3) is 0 Å². The minimum absolute atomic E-state index is 0.0436. The summed E-state index contributed by atoms with van der Waals surface area (Å²) in [4.78, 5) is 11.8. The number of hydrogen-bond donors (Lipinski definition) is 2. The molecule has 102 valence electrons. The van der Waals surface area contributed by atoms with E-state index < -0.39 is 5.54 Å². The Morgan fingerprint density at radius 3 is 2.32 bits per heavy atom. The van der Waals surface area contributed by atoms with E-state index in [2.05, 4.69) is 17.4 Å². The van der Waals surface area contributed by atoms with E-state index in [9.17, 15) is 4.79 Å². The molecule has 2 aliphatic rings. The maximum absolute atomic E-state index is 11.8. The van der Waals surface area contributed by atoms with E-state index >= 15 is 0 Å². The van der Waals surface area contributed by atoms with Gasteiger partial charge in [-0.15, -0.1) is 0 Å². The largest absolute Gasteiger partial charge is 0.324 e. The number of nitrogens with two attached hydrogens (primary N) is 1. The first-order valence-electron chi connectivity index (χ1n) is 7.38. The molecule has 2 fully saturated rings. The van der Waals surface area contributed by atoms with Crippen LogP contribution in [-0.2, 0) is 4.79 Å². The van der Waals surface area contributed by atoms with Crippen molar-refractivity contribution in [3.63, 3.8) is 0 Å². The third-order valence-corrected chi connectivity index (χ3v) is 4.49. The number of rotatable bonds is 3. The van der Waals surface area contributed by atoms with Crippen molar-refractivity contribution in [2.24, 2.45) is 5.73 Å².